The number of hydrogen-bond acceptors (Lipinski definition) is 6. The number of anilines is 1. The van der Waals surface area contributed by atoms with E-state index in [2.05, 4.69) is 10.0 Å². The van der Waals surface area contributed by atoms with Crippen LogP contribution < -0.4 is 10.0 Å². The molecule has 0 fully saturated rings. The predicted octanol–water partition coefficient (Wildman–Crippen LogP) is 1.76. The number of carbonyl (C=O) groups excluding carboxylic acids is 2. The van der Waals surface area contributed by atoms with E-state index in [1.165, 1.54) is 24.5 Å². The van der Waals surface area contributed by atoms with Crippen LogP contribution in [-0.4, -0.2) is 33.9 Å². The summed E-state index contributed by atoms with van der Waals surface area (Å²) in [5.41, 5.74) is 0.845. The van der Waals surface area contributed by atoms with E-state index in [0.29, 0.717) is 16.1 Å². The molecule has 0 atom stereocenters. The van der Waals surface area contributed by atoms with Crippen LogP contribution in [0.3, 0.4) is 0 Å². The average molecular weight is 368 g/mol. The maximum atomic E-state index is 11.9. The van der Waals surface area contributed by atoms with E-state index in [-0.39, 0.29) is 4.90 Å². The highest BCUT2D eigenvalue weighted by Crippen LogP contribution is 2.20. The van der Waals surface area contributed by atoms with Gasteiger partial charge in [0.15, 0.2) is 6.61 Å². The summed E-state index contributed by atoms with van der Waals surface area (Å²) in [4.78, 5) is 24.0. The number of nitrogens with one attached hydrogen (secondary N) is 2. The number of thiophene rings is 1. The molecule has 2 N–H and O–H groups in total. The van der Waals surface area contributed by atoms with Crippen molar-refractivity contribution in [2.45, 2.75) is 11.8 Å². The van der Waals surface area contributed by atoms with Crippen molar-refractivity contribution in [1.29, 1.82) is 0 Å². The van der Waals surface area contributed by atoms with Crippen LogP contribution >= 0.6 is 11.3 Å². The van der Waals surface area contributed by atoms with Gasteiger partial charge in [0.1, 0.15) is 4.88 Å². The number of esters is 1. The van der Waals surface area contributed by atoms with Gasteiger partial charge in [0.25, 0.3) is 5.91 Å². The van der Waals surface area contributed by atoms with Gasteiger partial charge in [-0.1, -0.05) is 12.1 Å². The number of ether oxygens (including phenoxy) is 1. The Labute approximate surface area is 143 Å². The van der Waals surface area contributed by atoms with Crippen molar-refractivity contribution in [2.75, 3.05) is 19.0 Å². The summed E-state index contributed by atoms with van der Waals surface area (Å²) >= 11 is 1.22. The van der Waals surface area contributed by atoms with E-state index < -0.39 is 28.5 Å². The van der Waals surface area contributed by atoms with Crippen LogP contribution in [0.15, 0.2) is 40.6 Å². The molecule has 0 bridgehead atoms. The third-order valence-corrected chi connectivity index (χ3v) is 5.49. The summed E-state index contributed by atoms with van der Waals surface area (Å²) in [6.45, 7) is 1.19. The van der Waals surface area contributed by atoms with Gasteiger partial charge < -0.3 is 10.1 Å². The number of carbonyl (C=O) groups is 2. The molecule has 0 saturated heterocycles. The number of hydrogen-bond donors (Lipinski definition) is 2. The second-order valence-electron chi connectivity index (χ2n) is 4.79. The number of sulfonamides is 1. The van der Waals surface area contributed by atoms with Gasteiger partial charge in [-0.25, -0.2) is 17.9 Å². The molecular weight excluding hydrogens is 352 g/mol. The molecule has 0 spiro atoms. The van der Waals surface area contributed by atoms with Gasteiger partial charge in [-0.15, -0.1) is 11.3 Å². The molecule has 0 aliphatic rings. The lowest BCUT2D eigenvalue weighted by Gasteiger charge is -2.10. The summed E-state index contributed by atoms with van der Waals surface area (Å²) in [7, 11) is -2.32. The topological polar surface area (TPSA) is 102 Å². The SMILES string of the molecule is CNS(=O)(=O)c1cc(NC(=O)COC(=O)c2cccs2)ccc1C. The predicted molar refractivity (Wildman–Crippen MR) is 90.7 cm³/mol. The summed E-state index contributed by atoms with van der Waals surface area (Å²) in [6, 6.07) is 7.80. The molecule has 1 amide bonds. The minimum absolute atomic E-state index is 0.0679. The van der Waals surface area contributed by atoms with Crippen LogP contribution in [0.25, 0.3) is 0 Å². The Balaban J connectivity index is 2.02. The summed E-state index contributed by atoms with van der Waals surface area (Å²) in [5.74, 6) is -1.14. The maximum absolute atomic E-state index is 11.9. The zero-order valence-electron chi connectivity index (χ0n) is 13.0. The van der Waals surface area contributed by atoms with E-state index in [1.54, 1.807) is 36.6 Å². The minimum atomic E-state index is -3.63. The summed E-state index contributed by atoms with van der Waals surface area (Å²) < 4.78 is 30.9. The Morgan fingerprint density at radius 3 is 2.62 bits per heavy atom. The summed E-state index contributed by atoms with van der Waals surface area (Å²) in [5, 5.41) is 4.23. The van der Waals surface area contributed by atoms with E-state index in [0.717, 1.165) is 0 Å². The quantitative estimate of drug-likeness (QED) is 0.757. The Hall–Kier alpha value is -2.23. The van der Waals surface area contributed by atoms with E-state index >= 15 is 0 Å². The average Bonchev–Trinajstić information content (AvgIpc) is 3.09. The zero-order valence-corrected chi connectivity index (χ0v) is 14.7. The lowest BCUT2D eigenvalue weighted by molar-refractivity contribution is -0.119. The van der Waals surface area contributed by atoms with Gasteiger partial charge in [0.05, 0.1) is 4.90 Å². The molecule has 24 heavy (non-hydrogen) atoms. The van der Waals surface area contributed by atoms with E-state index in [1.807, 2.05) is 0 Å². The first-order chi connectivity index (χ1) is 11.3. The normalized spacial score (nSPS) is 11.1. The van der Waals surface area contributed by atoms with Crippen LogP contribution in [0, 0.1) is 6.92 Å². The number of aryl methyl sites for hydroxylation is 1. The van der Waals surface area contributed by atoms with Crippen molar-refractivity contribution >= 4 is 38.9 Å². The molecule has 0 saturated carbocycles. The molecule has 1 heterocycles. The molecule has 1 aromatic heterocycles. The van der Waals surface area contributed by atoms with Crippen LogP contribution in [0.5, 0.6) is 0 Å². The fourth-order valence-corrected chi connectivity index (χ4v) is 3.48. The third-order valence-electron chi connectivity index (χ3n) is 3.09. The molecule has 0 unspecified atom stereocenters. The van der Waals surface area contributed by atoms with E-state index in [9.17, 15) is 18.0 Å². The molecule has 2 rings (SSSR count). The fraction of sp³-hybridized carbons (Fsp3) is 0.200. The van der Waals surface area contributed by atoms with Crippen LogP contribution in [0.1, 0.15) is 15.2 Å². The highest BCUT2D eigenvalue weighted by Gasteiger charge is 2.16. The monoisotopic (exact) mass is 368 g/mol. The van der Waals surface area contributed by atoms with Gasteiger partial charge in [-0.2, -0.15) is 0 Å². The number of amides is 1. The molecular formula is C15H16N2O5S2. The highest BCUT2D eigenvalue weighted by atomic mass is 32.2. The lowest BCUT2D eigenvalue weighted by atomic mass is 10.2. The maximum Gasteiger partial charge on any atom is 0.348 e. The van der Waals surface area contributed by atoms with Crippen molar-refractivity contribution in [1.82, 2.24) is 4.72 Å². The van der Waals surface area contributed by atoms with Gasteiger partial charge in [-0.3, -0.25) is 4.79 Å². The van der Waals surface area contributed by atoms with Crippen LogP contribution in [0.2, 0.25) is 0 Å². The molecule has 9 heteroatoms. The smallest absolute Gasteiger partial charge is 0.348 e. The standard InChI is InChI=1S/C15H16N2O5S2/c1-10-5-6-11(8-13(10)24(20,21)16-2)17-14(18)9-22-15(19)12-4-3-7-23-12/h3-8,16H,9H2,1-2H3,(H,17,18). The first kappa shape index (κ1) is 18.1. The Morgan fingerprint density at radius 2 is 2.00 bits per heavy atom. The molecule has 0 aliphatic heterocycles. The molecule has 2 aromatic rings. The number of rotatable bonds is 6. The Bertz CT molecular complexity index is 845. The van der Waals surface area contributed by atoms with Crippen LogP contribution in [-0.2, 0) is 19.6 Å². The second-order valence-corrected chi connectivity index (χ2v) is 7.59. The van der Waals surface area contributed by atoms with Gasteiger partial charge >= 0.3 is 5.97 Å². The molecule has 0 aliphatic carbocycles. The third kappa shape index (κ3) is 4.40. The van der Waals surface area contributed by atoms with Crippen molar-refractivity contribution in [3.05, 3.63) is 46.2 Å². The second kappa shape index (κ2) is 7.56. The van der Waals surface area contributed by atoms with Gasteiger partial charge in [-0.05, 0) is 43.1 Å². The fourth-order valence-electron chi connectivity index (χ4n) is 1.87. The Kier molecular flexibility index (Phi) is 5.71. The molecule has 0 radical (unpaired) electrons. The van der Waals surface area contributed by atoms with Gasteiger partial charge in [0.2, 0.25) is 10.0 Å². The van der Waals surface area contributed by atoms with Crippen molar-refractivity contribution in [2.24, 2.45) is 0 Å². The van der Waals surface area contributed by atoms with Crippen molar-refractivity contribution in [3.63, 3.8) is 0 Å². The van der Waals surface area contributed by atoms with E-state index in [4.69, 9.17) is 4.74 Å². The first-order valence-corrected chi connectivity index (χ1v) is 9.24. The zero-order chi connectivity index (χ0) is 17.7. The first-order valence-electron chi connectivity index (χ1n) is 6.88. The largest absolute Gasteiger partial charge is 0.451 e. The minimum Gasteiger partial charge on any atom is -0.451 e. The van der Waals surface area contributed by atoms with Crippen molar-refractivity contribution < 1.29 is 22.7 Å². The molecule has 7 nitrogen and oxygen atoms in total. The van der Waals surface area contributed by atoms with Crippen molar-refractivity contribution in [3.8, 4) is 0 Å². The molecule has 1 aromatic carbocycles. The highest BCUT2D eigenvalue weighted by molar-refractivity contribution is 7.89. The lowest BCUT2D eigenvalue weighted by Crippen LogP contribution is -2.22. The Morgan fingerprint density at radius 1 is 1.25 bits per heavy atom. The molecule has 128 valence electrons. The van der Waals surface area contributed by atoms with Gasteiger partial charge in [0, 0.05) is 5.69 Å². The summed E-state index contributed by atoms with van der Waals surface area (Å²) in [6.07, 6.45) is 0. The van der Waals surface area contributed by atoms with Crippen LogP contribution in [0.4, 0.5) is 5.69 Å². The number of benzene rings is 1.